The van der Waals surface area contributed by atoms with E-state index in [1.165, 1.54) is 5.57 Å². The zero-order valence-electron chi connectivity index (χ0n) is 9.68. The van der Waals surface area contributed by atoms with Gasteiger partial charge < -0.3 is 10.1 Å². The molecule has 0 radical (unpaired) electrons. The highest BCUT2D eigenvalue weighted by atomic mass is 19.1. The normalized spacial score (nSPS) is 13.5. The molecular weight excluding hydrogens is 197 g/mol. The zero-order chi connectivity index (χ0) is 11.7. The van der Waals surface area contributed by atoms with Crippen molar-refractivity contribution in [2.75, 3.05) is 20.3 Å². The number of rotatable bonds is 7. The van der Waals surface area contributed by atoms with Gasteiger partial charge in [0.05, 0.1) is 6.61 Å². The lowest BCUT2D eigenvalue weighted by Gasteiger charge is -2.11. The number of hydrogen-bond donors (Lipinski definition) is 1. The van der Waals surface area contributed by atoms with Crippen molar-refractivity contribution in [3.8, 4) is 0 Å². The van der Waals surface area contributed by atoms with E-state index in [2.05, 4.69) is 17.0 Å². The summed E-state index contributed by atoms with van der Waals surface area (Å²) in [7, 11) is 1.86. The molecule has 0 aromatic heterocycles. The summed E-state index contributed by atoms with van der Waals surface area (Å²) in [5, 5.41) is 2.96. The molecule has 0 unspecified atom stereocenters. The zero-order valence-corrected chi connectivity index (χ0v) is 9.68. The molecule has 88 valence electrons. The van der Waals surface area contributed by atoms with E-state index < -0.39 is 12.6 Å². The Hall–Kier alpha value is -1.06. The first-order chi connectivity index (χ1) is 7.10. The molecule has 0 aliphatic heterocycles. The second-order valence-electron chi connectivity index (χ2n) is 3.73. The number of ether oxygens (including phenoxy) is 1. The lowest BCUT2D eigenvalue weighted by molar-refractivity contribution is -0.144. The van der Waals surface area contributed by atoms with Crippen LogP contribution >= 0.6 is 0 Å². The molecule has 0 bridgehead atoms. The van der Waals surface area contributed by atoms with Gasteiger partial charge in [-0.2, -0.15) is 0 Å². The Labute approximate surface area is 90.7 Å². The number of allylic oxidation sites excluding steroid dienone is 1. The van der Waals surface area contributed by atoms with E-state index >= 15 is 0 Å². The van der Waals surface area contributed by atoms with Gasteiger partial charge in [-0.3, -0.25) is 0 Å². The summed E-state index contributed by atoms with van der Waals surface area (Å²) < 4.78 is 16.4. The quantitative estimate of drug-likeness (QED) is 0.663. The largest absolute Gasteiger partial charge is 0.464 e. The molecule has 0 saturated heterocycles. The standard InChI is InChI=1S/C11H20FNO2/c1-9(6-10(2)8-13-3)4-5-15-11(14)7-12/h8-9,13H,4-7H2,1-3H3/b10-8-/t9-/m0/s1. The Morgan fingerprint density at radius 3 is 2.80 bits per heavy atom. The highest BCUT2D eigenvalue weighted by Crippen LogP contribution is 2.13. The van der Waals surface area contributed by atoms with Gasteiger partial charge in [-0.1, -0.05) is 12.5 Å². The van der Waals surface area contributed by atoms with Crippen LogP contribution in [-0.4, -0.2) is 26.3 Å². The van der Waals surface area contributed by atoms with Crippen LogP contribution in [-0.2, 0) is 9.53 Å². The van der Waals surface area contributed by atoms with Crippen LogP contribution in [0.25, 0.3) is 0 Å². The second-order valence-corrected chi connectivity index (χ2v) is 3.73. The Bertz CT molecular complexity index is 217. The maximum Gasteiger partial charge on any atom is 0.337 e. The molecular formula is C11H20FNO2. The summed E-state index contributed by atoms with van der Waals surface area (Å²) in [6.07, 6.45) is 3.67. The summed E-state index contributed by atoms with van der Waals surface area (Å²) in [5.41, 5.74) is 1.25. The highest BCUT2D eigenvalue weighted by molar-refractivity contribution is 5.70. The van der Waals surface area contributed by atoms with E-state index in [0.717, 1.165) is 12.8 Å². The maximum absolute atomic E-state index is 11.7. The van der Waals surface area contributed by atoms with E-state index in [0.29, 0.717) is 12.5 Å². The number of hydrogen-bond acceptors (Lipinski definition) is 3. The van der Waals surface area contributed by atoms with Crippen LogP contribution in [0.15, 0.2) is 11.8 Å². The lowest BCUT2D eigenvalue weighted by atomic mass is 10.00. The van der Waals surface area contributed by atoms with Crippen molar-refractivity contribution in [3.63, 3.8) is 0 Å². The highest BCUT2D eigenvalue weighted by Gasteiger charge is 2.05. The third-order valence-electron chi connectivity index (χ3n) is 2.04. The van der Waals surface area contributed by atoms with Crippen LogP contribution in [0.2, 0.25) is 0 Å². The predicted octanol–water partition coefficient (Wildman–Crippen LogP) is 2.04. The third-order valence-corrected chi connectivity index (χ3v) is 2.04. The van der Waals surface area contributed by atoms with Gasteiger partial charge >= 0.3 is 5.97 Å². The van der Waals surface area contributed by atoms with Crippen LogP contribution in [0.5, 0.6) is 0 Å². The molecule has 0 rings (SSSR count). The number of nitrogens with one attached hydrogen (secondary N) is 1. The maximum atomic E-state index is 11.7. The fraction of sp³-hybridized carbons (Fsp3) is 0.727. The van der Waals surface area contributed by atoms with E-state index in [1.807, 2.05) is 20.2 Å². The van der Waals surface area contributed by atoms with Crippen molar-refractivity contribution in [2.24, 2.45) is 5.92 Å². The Morgan fingerprint density at radius 2 is 2.27 bits per heavy atom. The van der Waals surface area contributed by atoms with Crippen molar-refractivity contribution in [1.82, 2.24) is 5.32 Å². The molecule has 0 aromatic rings. The smallest absolute Gasteiger partial charge is 0.337 e. The average Bonchev–Trinajstić information content (AvgIpc) is 2.17. The van der Waals surface area contributed by atoms with Gasteiger partial charge in [0.2, 0.25) is 0 Å². The number of alkyl halides is 1. The second kappa shape index (κ2) is 8.26. The van der Waals surface area contributed by atoms with Crippen molar-refractivity contribution < 1.29 is 13.9 Å². The molecule has 0 aliphatic rings. The van der Waals surface area contributed by atoms with E-state index in [4.69, 9.17) is 0 Å². The molecule has 0 amide bonds. The van der Waals surface area contributed by atoms with Gasteiger partial charge in [-0.05, 0) is 31.9 Å². The molecule has 1 atom stereocenters. The molecule has 0 fully saturated rings. The topological polar surface area (TPSA) is 38.3 Å². The molecule has 0 saturated carbocycles. The molecule has 1 N–H and O–H groups in total. The molecule has 15 heavy (non-hydrogen) atoms. The third kappa shape index (κ3) is 7.97. The first kappa shape index (κ1) is 13.9. The number of carbonyl (C=O) groups is 1. The fourth-order valence-corrected chi connectivity index (χ4v) is 1.37. The molecule has 0 spiro atoms. The van der Waals surface area contributed by atoms with Gasteiger partial charge in [0, 0.05) is 7.05 Å². The first-order valence-corrected chi connectivity index (χ1v) is 5.14. The minimum absolute atomic E-state index is 0.302. The minimum Gasteiger partial charge on any atom is -0.464 e. The van der Waals surface area contributed by atoms with Gasteiger partial charge in [0.15, 0.2) is 6.67 Å². The predicted molar refractivity (Wildman–Crippen MR) is 58.1 cm³/mol. The van der Waals surface area contributed by atoms with E-state index in [9.17, 15) is 9.18 Å². The molecule has 3 nitrogen and oxygen atoms in total. The number of esters is 1. The fourth-order valence-electron chi connectivity index (χ4n) is 1.37. The summed E-state index contributed by atoms with van der Waals surface area (Å²) in [5.74, 6) is -0.341. The molecule has 0 aromatic carbocycles. The van der Waals surface area contributed by atoms with Crippen molar-refractivity contribution in [3.05, 3.63) is 11.8 Å². The summed E-state index contributed by atoms with van der Waals surface area (Å²) in [6, 6.07) is 0. The van der Waals surface area contributed by atoms with Crippen LogP contribution in [0.1, 0.15) is 26.7 Å². The van der Waals surface area contributed by atoms with E-state index in [1.54, 1.807) is 0 Å². The summed E-state index contributed by atoms with van der Waals surface area (Å²) >= 11 is 0. The molecule has 4 heteroatoms. The summed E-state index contributed by atoms with van der Waals surface area (Å²) in [4.78, 5) is 10.5. The van der Waals surface area contributed by atoms with Crippen LogP contribution in [0, 0.1) is 5.92 Å². The SMILES string of the molecule is CN/C=C(/C)C[C@@H](C)CCOC(=O)CF. The molecule has 0 aliphatic carbocycles. The minimum atomic E-state index is -1.03. The van der Waals surface area contributed by atoms with Gasteiger partial charge in [0.25, 0.3) is 0 Å². The first-order valence-electron chi connectivity index (χ1n) is 5.14. The van der Waals surface area contributed by atoms with Crippen molar-refractivity contribution >= 4 is 5.97 Å². The van der Waals surface area contributed by atoms with Crippen LogP contribution in [0.4, 0.5) is 4.39 Å². The number of halogens is 1. The molecule has 0 heterocycles. The van der Waals surface area contributed by atoms with Crippen LogP contribution in [0.3, 0.4) is 0 Å². The van der Waals surface area contributed by atoms with E-state index in [-0.39, 0.29) is 0 Å². The number of carbonyl (C=O) groups excluding carboxylic acids is 1. The van der Waals surface area contributed by atoms with Crippen molar-refractivity contribution in [1.29, 1.82) is 0 Å². The Balaban J connectivity index is 3.61. The monoisotopic (exact) mass is 217 g/mol. The summed E-state index contributed by atoms with van der Waals surface area (Å²) in [6.45, 7) is 3.39. The Morgan fingerprint density at radius 1 is 1.60 bits per heavy atom. The van der Waals surface area contributed by atoms with Gasteiger partial charge in [-0.25, -0.2) is 9.18 Å². The van der Waals surface area contributed by atoms with Gasteiger partial charge in [-0.15, -0.1) is 0 Å². The Kier molecular flexibility index (Phi) is 7.68. The van der Waals surface area contributed by atoms with Crippen LogP contribution < -0.4 is 5.32 Å². The van der Waals surface area contributed by atoms with Crippen molar-refractivity contribution in [2.45, 2.75) is 26.7 Å². The lowest BCUT2D eigenvalue weighted by Crippen LogP contribution is -2.10. The van der Waals surface area contributed by atoms with Gasteiger partial charge in [0.1, 0.15) is 0 Å². The average molecular weight is 217 g/mol.